The van der Waals surface area contributed by atoms with Crippen molar-refractivity contribution in [3.05, 3.63) is 136 Å². The van der Waals surface area contributed by atoms with Crippen LogP contribution in [0.15, 0.2) is 118 Å². The van der Waals surface area contributed by atoms with E-state index in [4.69, 9.17) is 29.8 Å². The first kappa shape index (κ1) is 35.9. The fourth-order valence-corrected chi connectivity index (χ4v) is 6.89. The third-order valence-corrected chi connectivity index (χ3v) is 9.91. The lowest BCUT2D eigenvalue weighted by atomic mass is 9.83. The summed E-state index contributed by atoms with van der Waals surface area (Å²) in [6.07, 6.45) is -0.867. The summed E-state index contributed by atoms with van der Waals surface area (Å²) in [5, 5.41) is 12.8. The Hall–Kier alpha value is -5.40. The molecule has 1 amide bonds. The van der Waals surface area contributed by atoms with Crippen LogP contribution in [0.2, 0.25) is 0 Å². The van der Waals surface area contributed by atoms with Gasteiger partial charge in [-0.1, -0.05) is 59.7 Å². The van der Waals surface area contributed by atoms with E-state index in [-0.39, 0.29) is 36.9 Å². The molecule has 4 aromatic carbocycles. The number of hydrazine groups is 1. The SMILES string of the molecule is COc1ccc(CNNC(=O)[C@@]2(CCS(=O)(=O)c3ccccc3)N=C(c3ccc(OCCCO)cc3)O[C@H]2c2ccccc2CN=[N+]=[N-])cc1. The maximum atomic E-state index is 14.5. The number of benzene rings is 4. The summed E-state index contributed by atoms with van der Waals surface area (Å²) < 4.78 is 44.7. The molecule has 0 saturated heterocycles. The van der Waals surface area contributed by atoms with Crippen molar-refractivity contribution in [2.24, 2.45) is 10.1 Å². The number of aliphatic hydroxyl groups is 1. The van der Waals surface area contributed by atoms with Crippen LogP contribution in [-0.4, -0.2) is 56.9 Å². The summed E-state index contributed by atoms with van der Waals surface area (Å²) in [4.78, 5) is 22.4. The monoisotopic (exact) mass is 698 g/mol. The van der Waals surface area contributed by atoms with Gasteiger partial charge in [0.25, 0.3) is 5.91 Å². The molecule has 2 atom stereocenters. The topological polar surface area (TPSA) is 184 Å². The summed E-state index contributed by atoms with van der Waals surface area (Å²) in [7, 11) is -2.28. The number of azide groups is 1. The molecular weight excluding hydrogens is 660 g/mol. The number of nitrogens with zero attached hydrogens (tertiary/aromatic N) is 4. The number of nitrogens with one attached hydrogen (secondary N) is 2. The quantitative estimate of drug-likeness (QED) is 0.0441. The molecule has 14 heteroatoms. The van der Waals surface area contributed by atoms with Gasteiger partial charge in [0.1, 0.15) is 11.5 Å². The molecule has 1 aliphatic rings. The van der Waals surface area contributed by atoms with Crippen molar-refractivity contribution < 1.29 is 32.5 Å². The Morgan fingerprint density at radius 1 is 1.00 bits per heavy atom. The Morgan fingerprint density at radius 2 is 1.70 bits per heavy atom. The minimum atomic E-state index is -3.86. The number of sulfone groups is 1. The number of aliphatic imine (C=N–C) groups is 1. The molecule has 50 heavy (non-hydrogen) atoms. The van der Waals surface area contributed by atoms with Crippen LogP contribution in [0.25, 0.3) is 10.4 Å². The summed E-state index contributed by atoms with van der Waals surface area (Å²) in [6, 6.07) is 29.3. The second-order valence-corrected chi connectivity index (χ2v) is 13.5. The van der Waals surface area contributed by atoms with Gasteiger partial charge in [0.05, 0.1) is 30.9 Å². The zero-order valence-corrected chi connectivity index (χ0v) is 28.3. The first-order valence-electron chi connectivity index (χ1n) is 15.9. The maximum absolute atomic E-state index is 14.5. The normalized spacial score (nSPS) is 16.8. The zero-order valence-electron chi connectivity index (χ0n) is 27.4. The van der Waals surface area contributed by atoms with Crippen molar-refractivity contribution >= 4 is 21.6 Å². The molecule has 1 aliphatic heterocycles. The number of carbonyl (C=O) groups is 1. The van der Waals surface area contributed by atoms with Crippen molar-refractivity contribution in [1.82, 2.24) is 10.9 Å². The molecule has 0 spiro atoms. The fraction of sp³-hybridized carbons (Fsp3) is 0.278. The van der Waals surface area contributed by atoms with Gasteiger partial charge >= 0.3 is 0 Å². The average Bonchev–Trinajstić information content (AvgIpc) is 3.55. The zero-order chi connectivity index (χ0) is 35.4. The first-order valence-corrected chi connectivity index (χ1v) is 17.6. The van der Waals surface area contributed by atoms with E-state index in [1.54, 1.807) is 86.0 Å². The molecule has 0 bridgehead atoms. The van der Waals surface area contributed by atoms with Crippen LogP contribution in [-0.2, 0) is 32.5 Å². The van der Waals surface area contributed by atoms with Crippen molar-refractivity contribution in [3.63, 3.8) is 0 Å². The average molecular weight is 699 g/mol. The highest BCUT2D eigenvalue weighted by atomic mass is 32.2. The van der Waals surface area contributed by atoms with Crippen molar-refractivity contribution in [2.75, 3.05) is 26.1 Å². The van der Waals surface area contributed by atoms with E-state index in [2.05, 4.69) is 20.9 Å². The highest BCUT2D eigenvalue weighted by Crippen LogP contribution is 2.44. The van der Waals surface area contributed by atoms with Gasteiger partial charge in [-0.05, 0) is 70.8 Å². The molecule has 0 aromatic heterocycles. The Bertz CT molecular complexity index is 1930. The highest BCUT2D eigenvalue weighted by Gasteiger charge is 2.54. The van der Waals surface area contributed by atoms with Gasteiger partial charge in [-0.3, -0.25) is 10.2 Å². The van der Waals surface area contributed by atoms with E-state index in [1.165, 1.54) is 12.1 Å². The second-order valence-electron chi connectivity index (χ2n) is 11.4. The van der Waals surface area contributed by atoms with Gasteiger partial charge < -0.3 is 19.3 Å². The second kappa shape index (κ2) is 16.8. The third kappa shape index (κ3) is 8.60. The largest absolute Gasteiger partial charge is 0.497 e. The molecule has 0 saturated carbocycles. The van der Waals surface area contributed by atoms with Gasteiger partial charge in [-0.25, -0.2) is 18.8 Å². The molecule has 3 N–H and O–H groups in total. The van der Waals surface area contributed by atoms with Gasteiger partial charge in [-0.15, -0.1) is 0 Å². The Balaban J connectivity index is 1.55. The molecule has 0 fully saturated rings. The van der Waals surface area contributed by atoms with Crippen LogP contribution < -0.4 is 20.3 Å². The number of amides is 1. The van der Waals surface area contributed by atoms with E-state index in [1.807, 2.05) is 12.1 Å². The van der Waals surface area contributed by atoms with Crippen LogP contribution >= 0.6 is 0 Å². The smallest absolute Gasteiger partial charge is 0.266 e. The lowest BCUT2D eigenvalue weighted by Gasteiger charge is -2.31. The summed E-state index contributed by atoms with van der Waals surface area (Å²) in [5.41, 5.74) is 15.5. The standard InChI is InChI=1S/C36H38N6O7S/c1-47-29-16-12-26(13-17-29)24-38-41-35(44)36(20-23-50(45,46)31-9-3-2-4-10-31)33(32-11-6-5-8-28(32)25-39-42-37)49-34(40-36)27-14-18-30(19-15-27)48-22-7-21-43/h2-6,8-19,33,38,43H,7,20-25H2,1H3,(H,41,44)/t33-,36-/m0/s1. The minimum Gasteiger partial charge on any atom is -0.497 e. The van der Waals surface area contributed by atoms with Gasteiger partial charge in [0.15, 0.2) is 21.5 Å². The molecule has 5 rings (SSSR count). The molecule has 0 aliphatic carbocycles. The molecule has 4 aromatic rings. The van der Waals surface area contributed by atoms with Crippen LogP contribution in [0.5, 0.6) is 11.5 Å². The van der Waals surface area contributed by atoms with Crippen LogP contribution in [0.1, 0.15) is 41.2 Å². The molecule has 260 valence electrons. The van der Waals surface area contributed by atoms with Crippen LogP contribution in [0, 0.1) is 0 Å². The lowest BCUT2D eigenvalue weighted by molar-refractivity contribution is -0.130. The highest BCUT2D eigenvalue weighted by molar-refractivity contribution is 7.91. The minimum absolute atomic E-state index is 0.00433. The molecule has 1 heterocycles. The molecule has 0 unspecified atom stereocenters. The fourth-order valence-electron chi connectivity index (χ4n) is 5.50. The number of rotatable bonds is 17. The van der Waals surface area contributed by atoms with Crippen molar-refractivity contribution in [3.8, 4) is 11.5 Å². The first-order chi connectivity index (χ1) is 24.3. The van der Waals surface area contributed by atoms with Crippen LogP contribution in [0.3, 0.4) is 0 Å². The Kier molecular flexibility index (Phi) is 12.1. The molecule has 0 radical (unpaired) electrons. The summed E-state index contributed by atoms with van der Waals surface area (Å²) in [5.74, 6) is 0.344. The number of aliphatic hydroxyl groups excluding tert-OH is 1. The van der Waals surface area contributed by atoms with E-state index < -0.39 is 33.1 Å². The Morgan fingerprint density at radius 3 is 2.40 bits per heavy atom. The molecule has 13 nitrogen and oxygen atoms in total. The van der Waals surface area contributed by atoms with E-state index >= 15 is 0 Å². The summed E-state index contributed by atoms with van der Waals surface area (Å²) >= 11 is 0. The van der Waals surface area contributed by atoms with Crippen molar-refractivity contribution in [1.29, 1.82) is 0 Å². The number of ether oxygens (including phenoxy) is 3. The van der Waals surface area contributed by atoms with Gasteiger partial charge in [0, 0.05) is 36.5 Å². The van der Waals surface area contributed by atoms with Gasteiger partial charge in [0.2, 0.25) is 5.90 Å². The number of hydrogen-bond acceptors (Lipinski definition) is 10. The van der Waals surface area contributed by atoms with E-state index in [9.17, 15) is 13.2 Å². The van der Waals surface area contributed by atoms with E-state index in [0.29, 0.717) is 41.2 Å². The Labute approximate surface area is 290 Å². The van der Waals surface area contributed by atoms with E-state index in [0.717, 1.165) is 5.56 Å². The lowest BCUT2D eigenvalue weighted by Crippen LogP contribution is -2.53. The third-order valence-electron chi connectivity index (χ3n) is 8.18. The maximum Gasteiger partial charge on any atom is 0.266 e. The number of methoxy groups -OCH3 is 1. The predicted octanol–water partition coefficient (Wildman–Crippen LogP) is 5.21. The number of hydrogen-bond donors (Lipinski definition) is 3. The van der Waals surface area contributed by atoms with Crippen LogP contribution in [0.4, 0.5) is 0 Å². The van der Waals surface area contributed by atoms with Crippen molar-refractivity contribution in [2.45, 2.75) is 42.5 Å². The molecular formula is C36H38N6O7S. The number of carbonyl (C=O) groups excluding carboxylic acids is 1. The predicted molar refractivity (Wildman–Crippen MR) is 187 cm³/mol. The van der Waals surface area contributed by atoms with Gasteiger partial charge in [-0.2, -0.15) is 0 Å². The summed E-state index contributed by atoms with van der Waals surface area (Å²) in [6.45, 7) is 0.559.